The molecule has 3 unspecified atom stereocenters. The summed E-state index contributed by atoms with van der Waals surface area (Å²) >= 11 is 6.33. The lowest BCUT2D eigenvalue weighted by Crippen LogP contribution is -2.35. The maximum atomic E-state index is 13.5. The number of fused-ring (bicyclic) bond motifs is 3. The molecule has 0 fully saturated rings. The molecule has 0 bridgehead atoms. The summed E-state index contributed by atoms with van der Waals surface area (Å²) in [6, 6.07) is 12.6. The number of aromatic nitrogens is 1. The molecule has 0 radical (unpaired) electrons. The average Bonchev–Trinajstić information content (AvgIpc) is 2.90. The van der Waals surface area contributed by atoms with E-state index in [-0.39, 0.29) is 18.1 Å². The van der Waals surface area contributed by atoms with Crippen LogP contribution in [-0.4, -0.2) is 36.2 Å². The first kappa shape index (κ1) is 27.4. The Hall–Kier alpha value is -3.62. The fourth-order valence-electron chi connectivity index (χ4n) is 4.62. The van der Waals surface area contributed by atoms with E-state index in [0.717, 1.165) is 24.0 Å². The molecule has 3 atom stereocenters. The number of amides is 2. The minimum absolute atomic E-state index is 0.250. The van der Waals surface area contributed by atoms with E-state index in [4.69, 9.17) is 26.8 Å². The predicted molar refractivity (Wildman–Crippen MR) is 148 cm³/mol. The van der Waals surface area contributed by atoms with Crippen molar-refractivity contribution in [3.8, 4) is 16.9 Å². The largest absolute Gasteiger partial charge is 0.491 e. The van der Waals surface area contributed by atoms with Crippen LogP contribution >= 0.6 is 11.6 Å². The molecule has 3 N–H and O–H groups in total. The number of nitrogens with one attached hydrogen (secondary N) is 1. The first-order chi connectivity index (χ1) is 18.2. The summed E-state index contributed by atoms with van der Waals surface area (Å²) in [6.45, 7) is 4.44. The van der Waals surface area contributed by atoms with Crippen molar-refractivity contribution in [1.82, 2.24) is 4.57 Å². The van der Waals surface area contributed by atoms with E-state index in [2.05, 4.69) is 12.2 Å². The summed E-state index contributed by atoms with van der Waals surface area (Å²) in [7, 11) is 1.56. The molecule has 0 spiro atoms. The van der Waals surface area contributed by atoms with Crippen LogP contribution in [0.4, 0.5) is 5.69 Å². The third kappa shape index (κ3) is 6.09. The van der Waals surface area contributed by atoms with Crippen LogP contribution < -0.4 is 21.3 Å². The normalized spacial score (nSPS) is 16.2. The Balaban J connectivity index is 1.75. The van der Waals surface area contributed by atoms with E-state index < -0.39 is 17.9 Å². The van der Waals surface area contributed by atoms with Gasteiger partial charge in [-0.25, -0.2) is 0 Å². The lowest BCUT2D eigenvalue weighted by Gasteiger charge is -2.27. The second-order valence-corrected chi connectivity index (χ2v) is 10.1. The molecular formula is C29H32ClN3O5. The highest BCUT2D eigenvalue weighted by molar-refractivity contribution is 6.30. The van der Waals surface area contributed by atoms with Gasteiger partial charge in [-0.15, -0.1) is 0 Å². The number of carbonyl (C=O) groups is 2. The highest BCUT2D eigenvalue weighted by Gasteiger charge is 2.27. The number of nitrogens with two attached hydrogens (primary N) is 1. The van der Waals surface area contributed by atoms with Crippen LogP contribution in [0.15, 0.2) is 59.5 Å². The van der Waals surface area contributed by atoms with E-state index in [1.807, 2.05) is 25.1 Å². The SMILES string of the molecule is CCC1COc2cn(C(CC(C)OC)C(=O)Nc3ccc(C(N)=O)cc3)c(=O)cc2-c2cc(Cl)ccc2C1. The molecule has 1 aliphatic rings. The Morgan fingerprint density at radius 1 is 1.18 bits per heavy atom. The van der Waals surface area contributed by atoms with Crippen molar-refractivity contribution >= 4 is 29.1 Å². The van der Waals surface area contributed by atoms with Gasteiger partial charge in [0, 0.05) is 41.4 Å². The second-order valence-electron chi connectivity index (χ2n) is 9.62. The molecule has 2 aromatic carbocycles. The average molecular weight is 538 g/mol. The van der Waals surface area contributed by atoms with Gasteiger partial charge in [0.05, 0.1) is 18.9 Å². The molecule has 4 rings (SSSR count). The van der Waals surface area contributed by atoms with Crippen molar-refractivity contribution in [2.24, 2.45) is 11.7 Å². The van der Waals surface area contributed by atoms with Gasteiger partial charge in [0.25, 0.3) is 5.56 Å². The van der Waals surface area contributed by atoms with E-state index in [1.54, 1.807) is 25.4 Å². The number of hydrogen-bond acceptors (Lipinski definition) is 5. The molecule has 0 saturated heterocycles. The number of nitrogens with zero attached hydrogens (tertiary/aromatic N) is 1. The van der Waals surface area contributed by atoms with Crippen molar-refractivity contribution in [2.75, 3.05) is 19.0 Å². The molecule has 1 aromatic heterocycles. The van der Waals surface area contributed by atoms with Crippen LogP contribution in [0, 0.1) is 5.92 Å². The monoisotopic (exact) mass is 537 g/mol. The Kier molecular flexibility index (Phi) is 8.54. The van der Waals surface area contributed by atoms with Crippen LogP contribution in [0.1, 0.15) is 48.7 Å². The molecule has 38 heavy (non-hydrogen) atoms. The highest BCUT2D eigenvalue weighted by atomic mass is 35.5. The molecule has 2 heterocycles. The third-order valence-electron chi connectivity index (χ3n) is 7.00. The van der Waals surface area contributed by atoms with Gasteiger partial charge >= 0.3 is 0 Å². The second kappa shape index (κ2) is 11.8. The Labute approximate surface area is 226 Å². The van der Waals surface area contributed by atoms with E-state index in [1.165, 1.54) is 22.8 Å². The van der Waals surface area contributed by atoms with Crippen molar-refractivity contribution in [3.05, 3.63) is 81.2 Å². The van der Waals surface area contributed by atoms with Crippen molar-refractivity contribution in [2.45, 2.75) is 45.3 Å². The number of rotatable bonds is 8. The third-order valence-corrected chi connectivity index (χ3v) is 7.23. The van der Waals surface area contributed by atoms with E-state index in [9.17, 15) is 14.4 Å². The van der Waals surface area contributed by atoms with Crippen LogP contribution in [0.3, 0.4) is 0 Å². The number of benzene rings is 2. The van der Waals surface area contributed by atoms with Crippen molar-refractivity contribution in [3.63, 3.8) is 0 Å². The number of carbonyl (C=O) groups excluding carboxylic acids is 2. The summed E-state index contributed by atoms with van der Waals surface area (Å²) in [5, 5.41) is 3.41. The first-order valence-corrected chi connectivity index (χ1v) is 13.0. The number of hydrogen-bond donors (Lipinski definition) is 2. The molecule has 200 valence electrons. The zero-order valence-electron chi connectivity index (χ0n) is 21.7. The Bertz CT molecular complexity index is 1390. The maximum Gasteiger partial charge on any atom is 0.252 e. The number of anilines is 1. The number of primary amides is 1. The summed E-state index contributed by atoms with van der Waals surface area (Å²) in [4.78, 5) is 38.4. The van der Waals surface area contributed by atoms with E-state index in [0.29, 0.717) is 40.1 Å². The zero-order chi connectivity index (χ0) is 27.4. The van der Waals surface area contributed by atoms with Crippen LogP contribution in [-0.2, 0) is 16.0 Å². The molecule has 1 aliphatic heterocycles. The summed E-state index contributed by atoms with van der Waals surface area (Å²) in [6.07, 6.45) is 3.31. The summed E-state index contributed by atoms with van der Waals surface area (Å²) in [5.41, 5.74) is 8.37. The van der Waals surface area contributed by atoms with Crippen molar-refractivity contribution < 1.29 is 19.1 Å². The van der Waals surface area contributed by atoms with E-state index >= 15 is 0 Å². The highest BCUT2D eigenvalue weighted by Crippen LogP contribution is 2.37. The fraction of sp³-hybridized carbons (Fsp3) is 0.345. The summed E-state index contributed by atoms with van der Waals surface area (Å²) in [5.74, 6) is -0.155. The number of methoxy groups -OCH3 is 1. The first-order valence-electron chi connectivity index (χ1n) is 12.6. The fourth-order valence-corrected chi connectivity index (χ4v) is 4.79. The molecule has 9 heteroatoms. The Morgan fingerprint density at radius 3 is 2.58 bits per heavy atom. The Morgan fingerprint density at radius 2 is 1.92 bits per heavy atom. The van der Waals surface area contributed by atoms with Gasteiger partial charge in [0.15, 0.2) is 0 Å². The van der Waals surface area contributed by atoms with Gasteiger partial charge in [-0.3, -0.25) is 19.0 Å². The quantitative estimate of drug-likeness (QED) is 0.427. The number of pyridine rings is 1. The lowest BCUT2D eigenvalue weighted by molar-refractivity contribution is -0.120. The molecule has 8 nitrogen and oxygen atoms in total. The van der Waals surface area contributed by atoms with Gasteiger partial charge in [0.2, 0.25) is 11.8 Å². The van der Waals surface area contributed by atoms with Gasteiger partial charge in [-0.2, -0.15) is 0 Å². The van der Waals surface area contributed by atoms with Gasteiger partial charge in [-0.05, 0) is 73.2 Å². The minimum Gasteiger partial charge on any atom is -0.491 e. The topological polar surface area (TPSA) is 113 Å². The molecule has 0 saturated carbocycles. The van der Waals surface area contributed by atoms with Gasteiger partial charge in [-0.1, -0.05) is 24.6 Å². The minimum atomic E-state index is -0.881. The number of halogens is 1. The summed E-state index contributed by atoms with van der Waals surface area (Å²) < 4.78 is 13.1. The molecule has 0 aliphatic carbocycles. The van der Waals surface area contributed by atoms with Gasteiger partial charge in [0.1, 0.15) is 11.8 Å². The van der Waals surface area contributed by atoms with Crippen LogP contribution in [0.2, 0.25) is 5.02 Å². The van der Waals surface area contributed by atoms with Crippen molar-refractivity contribution in [1.29, 1.82) is 0 Å². The van der Waals surface area contributed by atoms with Gasteiger partial charge < -0.3 is 20.5 Å². The lowest BCUT2D eigenvalue weighted by atomic mass is 9.90. The molecule has 2 amide bonds. The smallest absolute Gasteiger partial charge is 0.252 e. The molecule has 3 aromatic rings. The molecular weight excluding hydrogens is 506 g/mol. The number of ether oxygens (including phenoxy) is 2. The van der Waals surface area contributed by atoms with Crippen LogP contribution in [0.5, 0.6) is 5.75 Å². The predicted octanol–water partition coefficient (Wildman–Crippen LogP) is 4.83. The zero-order valence-corrected chi connectivity index (χ0v) is 22.5. The standard InChI is InChI=1S/C29H32ClN3O5/c1-4-18-12-20-5-8-21(30)13-23(20)24-14-27(34)33(15-26(24)38-16-18)25(11-17(2)37-3)29(36)32-22-9-6-19(7-10-22)28(31)35/h5-10,13-15,17-18,25H,4,11-12,16H2,1-3H3,(H2,31,35)(H,32,36). The van der Waals surface area contributed by atoms with Crippen LogP contribution in [0.25, 0.3) is 11.1 Å². The maximum absolute atomic E-state index is 13.5.